The third-order valence-electron chi connectivity index (χ3n) is 3.83. The minimum Gasteiger partial charge on any atom is -0.493 e. The number of alkyl halides is 1. The summed E-state index contributed by atoms with van der Waals surface area (Å²) in [5, 5.41) is -0.118. The van der Waals surface area contributed by atoms with Crippen LogP contribution in [-0.4, -0.2) is 14.2 Å². The summed E-state index contributed by atoms with van der Waals surface area (Å²) in [6.07, 6.45) is 0. The van der Waals surface area contributed by atoms with E-state index >= 15 is 0 Å². The van der Waals surface area contributed by atoms with Crippen molar-refractivity contribution in [3.8, 4) is 11.5 Å². The first-order valence-corrected chi connectivity index (χ1v) is 7.43. The van der Waals surface area contributed by atoms with Gasteiger partial charge in [0.05, 0.1) is 19.6 Å². The van der Waals surface area contributed by atoms with Crippen molar-refractivity contribution >= 4 is 11.6 Å². The smallest absolute Gasteiger partial charge is 0.161 e. The van der Waals surface area contributed by atoms with Crippen LogP contribution >= 0.6 is 11.6 Å². The molecular weight excluding hydrogens is 284 g/mol. The van der Waals surface area contributed by atoms with Gasteiger partial charge in [-0.2, -0.15) is 0 Å². The molecule has 0 fully saturated rings. The first-order valence-electron chi connectivity index (χ1n) is 7.00. The number of halogens is 1. The molecule has 0 amide bonds. The molecule has 2 aromatic carbocycles. The Kier molecular flexibility index (Phi) is 5.13. The van der Waals surface area contributed by atoms with Crippen LogP contribution in [0.3, 0.4) is 0 Å². The quantitative estimate of drug-likeness (QED) is 0.716. The average Bonchev–Trinajstić information content (AvgIpc) is 2.54. The van der Waals surface area contributed by atoms with E-state index in [1.165, 1.54) is 5.56 Å². The molecule has 0 aliphatic rings. The molecule has 2 atom stereocenters. The van der Waals surface area contributed by atoms with Crippen LogP contribution in [0.2, 0.25) is 0 Å². The molecule has 2 nitrogen and oxygen atoms in total. The van der Waals surface area contributed by atoms with E-state index in [1.807, 2.05) is 37.3 Å². The zero-order valence-corrected chi connectivity index (χ0v) is 13.6. The van der Waals surface area contributed by atoms with E-state index in [4.69, 9.17) is 21.1 Å². The number of ether oxygens (including phenoxy) is 2. The lowest BCUT2D eigenvalue weighted by molar-refractivity contribution is 0.354. The summed E-state index contributed by atoms with van der Waals surface area (Å²) in [5.41, 5.74) is 3.41. The summed E-state index contributed by atoms with van der Waals surface area (Å²) in [4.78, 5) is 0. The summed E-state index contributed by atoms with van der Waals surface area (Å²) in [7, 11) is 3.28. The van der Waals surface area contributed by atoms with Gasteiger partial charge in [-0.05, 0) is 35.7 Å². The van der Waals surface area contributed by atoms with Gasteiger partial charge >= 0.3 is 0 Å². The molecule has 0 radical (unpaired) electrons. The van der Waals surface area contributed by atoms with Crippen molar-refractivity contribution in [2.24, 2.45) is 0 Å². The number of rotatable bonds is 5. The van der Waals surface area contributed by atoms with Crippen molar-refractivity contribution in [1.82, 2.24) is 0 Å². The van der Waals surface area contributed by atoms with Gasteiger partial charge < -0.3 is 9.47 Å². The highest BCUT2D eigenvalue weighted by Crippen LogP contribution is 2.41. The van der Waals surface area contributed by atoms with Gasteiger partial charge in [0.2, 0.25) is 0 Å². The largest absolute Gasteiger partial charge is 0.493 e. The average molecular weight is 305 g/mol. The molecule has 0 saturated heterocycles. The molecule has 0 aliphatic carbocycles. The van der Waals surface area contributed by atoms with E-state index in [1.54, 1.807) is 14.2 Å². The molecule has 112 valence electrons. The zero-order chi connectivity index (χ0) is 15.4. The molecule has 0 aromatic heterocycles. The fourth-order valence-corrected chi connectivity index (χ4v) is 2.87. The van der Waals surface area contributed by atoms with E-state index in [2.05, 4.69) is 19.1 Å². The SMILES string of the molecule is COc1cc(C)c(C(Cl)C(C)c2ccccc2)cc1OC. The molecule has 0 spiro atoms. The molecule has 0 heterocycles. The lowest BCUT2D eigenvalue weighted by atomic mass is 9.91. The molecule has 2 unspecified atom stereocenters. The Morgan fingerprint density at radius 1 is 0.952 bits per heavy atom. The second-order valence-corrected chi connectivity index (χ2v) is 5.64. The molecular formula is C18H21ClO2. The molecule has 0 bridgehead atoms. The second kappa shape index (κ2) is 6.86. The lowest BCUT2D eigenvalue weighted by Crippen LogP contribution is -2.05. The summed E-state index contributed by atoms with van der Waals surface area (Å²) in [6.45, 7) is 4.19. The Hall–Kier alpha value is -1.67. The van der Waals surface area contributed by atoms with Gasteiger partial charge in [-0.15, -0.1) is 11.6 Å². The third-order valence-corrected chi connectivity index (χ3v) is 4.45. The number of hydrogen-bond acceptors (Lipinski definition) is 2. The fraction of sp³-hybridized carbons (Fsp3) is 0.333. The Morgan fingerprint density at radius 2 is 1.52 bits per heavy atom. The van der Waals surface area contributed by atoms with Gasteiger partial charge in [0.15, 0.2) is 11.5 Å². The van der Waals surface area contributed by atoms with E-state index in [-0.39, 0.29) is 11.3 Å². The Balaban J connectivity index is 2.37. The first kappa shape index (κ1) is 15.7. The normalized spacial score (nSPS) is 13.6. The predicted octanol–water partition coefficient (Wildman–Crippen LogP) is 5.10. The maximum atomic E-state index is 6.72. The van der Waals surface area contributed by atoms with Gasteiger partial charge in [-0.1, -0.05) is 37.3 Å². The molecule has 21 heavy (non-hydrogen) atoms. The molecule has 0 N–H and O–H groups in total. The van der Waals surface area contributed by atoms with E-state index < -0.39 is 0 Å². The van der Waals surface area contributed by atoms with Crippen LogP contribution in [0.25, 0.3) is 0 Å². The van der Waals surface area contributed by atoms with Crippen molar-refractivity contribution in [1.29, 1.82) is 0 Å². The van der Waals surface area contributed by atoms with Gasteiger partial charge in [0.1, 0.15) is 0 Å². The van der Waals surface area contributed by atoms with Crippen LogP contribution in [0.4, 0.5) is 0 Å². The van der Waals surface area contributed by atoms with Crippen LogP contribution in [0.1, 0.15) is 34.9 Å². The lowest BCUT2D eigenvalue weighted by Gasteiger charge is -2.22. The maximum Gasteiger partial charge on any atom is 0.161 e. The monoisotopic (exact) mass is 304 g/mol. The van der Waals surface area contributed by atoms with Gasteiger partial charge in [-0.25, -0.2) is 0 Å². The Labute approximate surface area is 131 Å². The highest BCUT2D eigenvalue weighted by molar-refractivity contribution is 6.21. The van der Waals surface area contributed by atoms with Crippen LogP contribution in [0, 0.1) is 6.92 Å². The summed E-state index contributed by atoms with van der Waals surface area (Å²) >= 11 is 6.72. The Morgan fingerprint density at radius 3 is 2.10 bits per heavy atom. The topological polar surface area (TPSA) is 18.5 Å². The van der Waals surface area contributed by atoms with Crippen LogP contribution < -0.4 is 9.47 Å². The van der Waals surface area contributed by atoms with Crippen molar-refractivity contribution in [3.63, 3.8) is 0 Å². The van der Waals surface area contributed by atoms with Gasteiger partial charge in [-0.3, -0.25) is 0 Å². The predicted molar refractivity (Wildman–Crippen MR) is 87.7 cm³/mol. The highest BCUT2D eigenvalue weighted by atomic mass is 35.5. The molecule has 2 aromatic rings. The Bertz CT molecular complexity index is 596. The van der Waals surface area contributed by atoms with E-state index in [0.717, 1.165) is 16.9 Å². The summed E-state index contributed by atoms with van der Waals surface area (Å²) < 4.78 is 10.7. The fourth-order valence-electron chi connectivity index (χ4n) is 2.49. The number of benzene rings is 2. The molecule has 0 aliphatic heterocycles. The van der Waals surface area contributed by atoms with Crippen molar-refractivity contribution in [2.75, 3.05) is 14.2 Å². The highest BCUT2D eigenvalue weighted by Gasteiger charge is 2.22. The molecule has 2 rings (SSSR count). The van der Waals surface area contributed by atoms with E-state index in [0.29, 0.717) is 5.75 Å². The summed E-state index contributed by atoms with van der Waals surface area (Å²) in [6, 6.07) is 14.3. The molecule has 0 saturated carbocycles. The third kappa shape index (κ3) is 3.33. The van der Waals surface area contributed by atoms with Crippen molar-refractivity contribution in [3.05, 3.63) is 59.2 Å². The minimum atomic E-state index is -0.118. The first-order chi connectivity index (χ1) is 10.1. The van der Waals surface area contributed by atoms with Crippen molar-refractivity contribution < 1.29 is 9.47 Å². The zero-order valence-electron chi connectivity index (χ0n) is 12.9. The second-order valence-electron chi connectivity index (χ2n) is 5.16. The van der Waals surface area contributed by atoms with Crippen molar-refractivity contribution in [2.45, 2.75) is 25.1 Å². The number of hydrogen-bond donors (Lipinski definition) is 0. The maximum absolute atomic E-state index is 6.72. The minimum absolute atomic E-state index is 0.118. The van der Waals surface area contributed by atoms with Crippen LogP contribution in [0.15, 0.2) is 42.5 Å². The van der Waals surface area contributed by atoms with Crippen LogP contribution in [0.5, 0.6) is 11.5 Å². The van der Waals surface area contributed by atoms with Gasteiger partial charge in [0, 0.05) is 5.92 Å². The number of aryl methyl sites for hydroxylation is 1. The molecule has 3 heteroatoms. The standard InChI is InChI=1S/C18H21ClO2/c1-12-10-16(20-3)17(21-4)11-15(12)18(19)13(2)14-8-6-5-7-9-14/h5-11,13,18H,1-4H3. The van der Waals surface area contributed by atoms with E-state index in [9.17, 15) is 0 Å². The summed E-state index contributed by atoms with van der Waals surface area (Å²) in [5.74, 6) is 1.66. The van der Waals surface area contributed by atoms with Crippen LogP contribution in [-0.2, 0) is 0 Å². The van der Waals surface area contributed by atoms with Gasteiger partial charge in [0.25, 0.3) is 0 Å². The number of methoxy groups -OCH3 is 2.